The molecule has 1 aliphatic heterocycles. The van der Waals surface area contributed by atoms with E-state index in [-0.39, 0.29) is 24.6 Å². The van der Waals surface area contributed by atoms with Crippen LogP contribution in [0.4, 0.5) is 0 Å². The van der Waals surface area contributed by atoms with Gasteiger partial charge in [-0.05, 0) is 26.9 Å². The number of ether oxygens (including phenoxy) is 1. The molecule has 0 spiro atoms. The SMILES string of the molecule is CN(C)C1CCCC(=O)OC1=O.[V]. The maximum Gasteiger partial charge on any atom is 0.330 e. The maximum atomic E-state index is 11.2. The molecule has 13 heavy (non-hydrogen) atoms. The van der Waals surface area contributed by atoms with Crippen LogP contribution in [0.1, 0.15) is 19.3 Å². The Labute approximate surface area is 89.5 Å². The van der Waals surface area contributed by atoms with Crippen LogP contribution in [0.5, 0.6) is 0 Å². The van der Waals surface area contributed by atoms with Gasteiger partial charge in [0.1, 0.15) is 6.04 Å². The fourth-order valence-electron chi connectivity index (χ4n) is 1.26. The minimum absolute atomic E-state index is 0. The first-order valence-electron chi connectivity index (χ1n) is 4.02. The molecule has 1 rings (SSSR count). The van der Waals surface area contributed by atoms with Crippen LogP contribution in [0.15, 0.2) is 0 Å². The molecule has 1 aliphatic rings. The van der Waals surface area contributed by atoms with Crippen molar-refractivity contribution in [3.8, 4) is 0 Å². The second-order valence-corrected chi connectivity index (χ2v) is 3.16. The first-order chi connectivity index (χ1) is 5.61. The molecule has 1 fully saturated rings. The summed E-state index contributed by atoms with van der Waals surface area (Å²) in [6, 6.07) is -0.253. The molecule has 1 heterocycles. The number of likely N-dealkylation sites (N-methyl/N-ethyl adjacent to an activating group) is 1. The molecule has 0 amide bonds. The van der Waals surface area contributed by atoms with Gasteiger partial charge in [-0.2, -0.15) is 0 Å². The fraction of sp³-hybridized carbons (Fsp3) is 0.750. The topological polar surface area (TPSA) is 46.6 Å². The van der Waals surface area contributed by atoms with Crippen LogP contribution in [0.3, 0.4) is 0 Å². The molecule has 5 heteroatoms. The molecule has 0 saturated carbocycles. The van der Waals surface area contributed by atoms with Gasteiger partial charge in [0.05, 0.1) is 0 Å². The number of nitrogens with zero attached hydrogens (tertiary/aromatic N) is 1. The Kier molecular flexibility index (Phi) is 5.29. The van der Waals surface area contributed by atoms with Gasteiger partial charge in [-0.25, -0.2) is 4.79 Å². The predicted octanol–water partition coefficient (Wildman–Crippen LogP) is 0.168. The van der Waals surface area contributed by atoms with Crippen molar-refractivity contribution in [3.05, 3.63) is 0 Å². The minimum Gasteiger partial charge on any atom is -0.392 e. The quantitative estimate of drug-likeness (QED) is 0.468. The molecule has 0 bridgehead atoms. The number of cyclic esters (lactones) is 2. The number of esters is 2. The van der Waals surface area contributed by atoms with Crippen molar-refractivity contribution in [2.75, 3.05) is 14.1 Å². The number of carbonyl (C=O) groups is 2. The van der Waals surface area contributed by atoms with Gasteiger partial charge in [0, 0.05) is 25.0 Å². The summed E-state index contributed by atoms with van der Waals surface area (Å²) in [6.07, 6.45) is 1.79. The van der Waals surface area contributed by atoms with Gasteiger partial charge in [0.2, 0.25) is 0 Å². The molecule has 0 N–H and O–H groups in total. The van der Waals surface area contributed by atoms with Crippen LogP contribution in [-0.4, -0.2) is 37.0 Å². The van der Waals surface area contributed by atoms with Gasteiger partial charge in [0.25, 0.3) is 0 Å². The van der Waals surface area contributed by atoms with Gasteiger partial charge in [-0.15, -0.1) is 0 Å². The zero-order valence-corrected chi connectivity index (χ0v) is 9.21. The first kappa shape index (κ1) is 12.7. The van der Waals surface area contributed by atoms with E-state index in [0.717, 1.165) is 6.42 Å². The summed E-state index contributed by atoms with van der Waals surface area (Å²) in [5.74, 6) is -0.813. The summed E-state index contributed by atoms with van der Waals surface area (Å²) in [5, 5.41) is 0. The van der Waals surface area contributed by atoms with Crippen LogP contribution in [-0.2, 0) is 32.9 Å². The summed E-state index contributed by atoms with van der Waals surface area (Å²) in [4.78, 5) is 23.8. The molecule has 1 unspecified atom stereocenters. The van der Waals surface area contributed by atoms with E-state index in [4.69, 9.17) is 0 Å². The number of rotatable bonds is 1. The Bertz CT molecular complexity index is 206. The second kappa shape index (κ2) is 5.42. The number of carbonyl (C=O) groups excluding carboxylic acids is 2. The monoisotopic (exact) mass is 222 g/mol. The summed E-state index contributed by atoms with van der Waals surface area (Å²) in [7, 11) is 3.61. The molecule has 73 valence electrons. The second-order valence-electron chi connectivity index (χ2n) is 3.16. The van der Waals surface area contributed by atoms with Gasteiger partial charge in [0.15, 0.2) is 0 Å². The van der Waals surface area contributed by atoms with Crippen LogP contribution in [0.25, 0.3) is 0 Å². The Morgan fingerprint density at radius 2 is 2.00 bits per heavy atom. The molecule has 4 nitrogen and oxygen atoms in total. The van der Waals surface area contributed by atoms with Gasteiger partial charge in [-0.3, -0.25) is 9.69 Å². The van der Waals surface area contributed by atoms with E-state index in [0.29, 0.717) is 12.8 Å². The van der Waals surface area contributed by atoms with Crippen molar-refractivity contribution in [1.29, 1.82) is 0 Å². The number of hydrogen-bond acceptors (Lipinski definition) is 4. The van der Waals surface area contributed by atoms with Crippen molar-refractivity contribution in [2.45, 2.75) is 25.3 Å². The zero-order valence-electron chi connectivity index (χ0n) is 7.82. The molecular weight excluding hydrogens is 209 g/mol. The van der Waals surface area contributed by atoms with Crippen LogP contribution >= 0.6 is 0 Å². The van der Waals surface area contributed by atoms with E-state index in [1.165, 1.54) is 0 Å². The molecule has 0 aromatic rings. The third-order valence-corrected chi connectivity index (χ3v) is 1.97. The number of hydrogen-bond donors (Lipinski definition) is 0. The molecule has 1 atom stereocenters. The minimum atomic E-state index is -0.414. The Morgan fingerprint density at radius 3 is 2.54 bits per heavy atom. The normalized spacial score (nSPS) is 23.5. The van der Waals surface area contributed by atoms with Crippen molar-refractivity contribution >= 4 is 11.9 Å². The van der Waals surface area contributed by atoms with E-state index < -0.39 is 11.9 Å². The Morgan fingerprint density at radius 1 is 1.38 bits per heavy atom. The van der Waals surface area contributed by atoms with Gasteiger partial charge in [-0.1, -0.05) is 0 Å². The molecular formula is C8H13NO3V. The summed E-state index contributed by atoms with van der Waals surface area (Å²) >= 11 is 0. The van der Waals surface area contributed by atoms with Crippen molar-refractivity contribution in [3.63, 3.8) is 0 Å². The average Bonchev–Trinajstić information content (AvgIpc) is 2.10. The van der Waals surface area contributed by atoms with E-state index in [1.54, 1.807) is 4.90 Å². The standard InChI is InChI=1S/C8H13NO3.V/c1-9(2)6-4-3-5-7(10)12-8(6)11;/h6H,3-5H2,1-2H3;. The summed E-state index contributed by atoms with van der Waals surface area (Å²) in [6.45, 7) is 0. The van der Waals surface area contributed by atoms with E-state index in [9.17, 15) is 9.59 Å². The van der Waals surface area contributed by atoms with Gasteiger partial charge >= 0.3 is 11.9 Å². The zero-order chi connectivity index (χ0) is 9.14. The van der Waals surface area contributed by atoms with Crippen LogP contribution < -0.4 is 0 Å². The van der Waals surface area contributed by atoms with Crippen molar-refractivity contribution in [1.82, 2.24) is 4.90 Å². The third kappa shape index (κ3) is 3.50. The van der Waals surface area contributed by atoms with Crippen LogP contribution in [0, 0.1) is 0 Å². The Hall–Kier alpha value is -0.316. The smallest absolute Gasteiger partial charge is 0.330 e. The Balaban J connectivity index is 0.00000144. The van der Waals surface area contributed by atoms with E-state index in [2.05, 4.69) is 4.74 Å². The first-order valence-corrected chi connectivity index (χ1v) is 4.02. The van der Waals surface area contributed by atoms with Crippen molar-refractivity contribution < 1.29 is 32.9 Å². The predicted molar refractivity (Wildman–Crippen MR) is 42.4 cm³/mol. The van der Waals surface area contributed by atoms with Gasteiger partial charge < -0.3 is 4.74 Å². The summed E-state index contributed by atoms with van der Waals surface area (Å²) < 4.78 is 4.57. The fourth-order valence-corrected chi connectivity index (χ4v) is 1.26. The largest absolute Gasteiger partial charge is 0.392 e. The van der Waals surface area contributed by atoms with E-state index in [1.807, 2.05) is 14.1 Å². The molecule has 0 aliphatic carbocycles. The molecule has 0 aromatic heterocycles. The molecule has 1 radical (unpaired) electrons. The molecule has 0 aromatic carbocycles. The van der Waals surface area contributed by atoms with E-state index >= 15 is 0 Å². The van der Waals surface area contributed by atoms with Crippen LogP contribution in [0.2, 0.25) is 0 Å². The molecule has 1 saturated heterocycles. The average molecular weight is 222 g/mol. The third-order valence-electron chi connectivity index (χ3n) is 1.97. The van der Waals surface area contributed by atoms with Crippen molar-refractivity contribution in [2.24, 2.45) is 0 Å². The summed E-state index contributed by atoms with van der Waals surface area (Å²) in [5.41, 5.74) is 0. The maximum absolute atomic E-state index is 11.2.